The second-order valence-electron chi connectivity index (χ2n) is 19.3. The van der Waals surface area contributed by atoms with Gasteiger partial charge >= 0.3 is 0 Å². The predicted molar refractivity (Wildman–Crippen MR) is 266 cm³/mol. The van der Waals surface area contributed by atoms with Crippen LogP contribution in [0.3, 0.4) is 0 Å². The van der Waals surface area contributed by atoms with Crippen molar-refractivity contribution in [1.82, 2.24) is 9.97 Å². The summed E-state index contributed by atoms with van der Waals surface area (Å²) < 4.78 is 16.1. The minimum Gasteiger partial charge on any atom is -0.507 e. The molecule has 0 saturated carbocycles. The van der Waals surface area contributed by atoms with Gasteiger partial charge in [-0.3, -0.25) is 9.97 Å². The number of allylic oxidation sites excluding steroid dienone is 2. The number of phenols is 1. The Morgan fingerprint density at radius 1 is 0.576 bits per heavy atom. The fourth-order valence-electron chi connectivity index (χ4n) is 9.35. The topological polar surface area (TPSA) is 49.2 Å². The van der Waals surface area contributed by atoms with Gasteiger partial charge in [-0.15, -0.1) is 24.3 Å². The SMILES string of the molecule is CC(C)(C)c1cc(-c2cc(-c3[c-]c(-c4cc(-c5cccc6c5N(c5ccccc5)C5C=CC=CC65)ccn4)ccc3)nc(-c3c(O)ccc(F)c3-c3ccccc3)c2)cc(C(C)(C)C)c1.[Pt]. The number of halogens is 1. The van der Waals surface area contributed by atoms with Gasteiger partial charge in [-0.2, -0.15) is 0 Å². The number of hydrogen-bond acceptors (Lipinski definition) is 4. The van der Waals surface area contributed by atoms with Crippen LogP contribution < -0.4 is 4.90 Å². The van der Waals surface area contributed by atoms with Crippen LogP contribution in [-0.4, -0.2) is 21.1 Å². The monoisotopic (exact) mass is 1040 g/mol. The Morgan fingerprint density at radius 3 is 1.91 bits per heavy atom. The van der Waals surface area contributed by atoms with E-state index in [2.05, 4.69) is 162 Å². The van der Waals surface area contributed by atoms with Crippen molar-refractivity contribution in [3.05, 3.63) is 211 Å². The van der Waals surface area contributed by atoms with E-state index in [1.54, 1.807) is 0 Å². The van der Waals surface area contributed by atoms with Crippen LogP contribution in [0.4, 0.5) is 15.8 Å². The van der Waals surface area contributed by atoms with Crippen LogP contribution in [0.25, 0.3) is 67.2 Å². The number of aromatic hydroxyl groups is 1. The van der Waals surface area contributed by atoms with E-state index in [1.807, 2.05) is 60.8 Å². The molecule has 0 radical (unpaired) electrons. The van der Waals surface area contributed by atoms with E-state index in [1.165, 1.54) is 34.5 Å². The molecule has 3 heterocycles. The third kappa shape index (κ3) is 8.38. The van der Waals surface area contributed by atoms with Crippen molar-refractivity contribution in [2.75, 3.05) is 4.90 Å². The zero-order valence-corrected chi connectivity index (χ0v) is 40.2. The molecule has 0 spiro atoms. The molecule has 330 valence electrons. The predicted octanol–water partition coefficient (Wildman–Crippen LogP) is 15.4. The Hall–Kier alpha value is -6.68. The summed E-state index contributed by atoms with van der Waals surface area (Å²) in [6.07, 6.45) is 10.8. The standard InChI is InChI=1S/C60H51FN3O.Pt/c1-59(2,3)44-32-42(33-45(37-44)60(4,5)6)43-35-52(63-53(36-43)57-55(65)28-27-50(61)56(57)38-17-9-7-10-18-38)41-20-15-19-40(31-41)51-34-39(29-30-62-51)47-24-16-25-49-48-23-13-14-26-54(48)64(58(47)49)46-21-11-8-12-22-46;/h7-30,32-37,48,54,65H,1-6H3;/q-1;. The van der Waals surface area contributed by atoms with Crippen molar-refractivity contribution in [3.8, 4) is 72.9 Å². The molecule has 6 aromatic carbocycles. The van der Waals surface area contributed by atoms with Crippen LogP contribution in [0, 0.1) is 11.9 Å². The molecule has 0 fully saturated rings. The number of anilines is 2. The van der Waals surface area contributed by atoms with Gasteiger partial charge in [-0.1, -0.05) is 174 Å². The molecule has 0 amide bonds. The van der Waals surface area contributed by atoms with E-state index in [-0.39, 0.29) is 49.6 Å². The van der Waals surface area contributed by atoms with E-state index >= 15 is 4.39 Å². The van der Waals surface area contributed by atoms with Crippen LogP contribution in [0.2, 0.25) is 0 Å². The van der Waals surface area contributed by atoms with Crippen LogP contribution >= 0.6 is 0 Å². The van der Waals surface area contributed by atoms with Crippen molar-refractivity contribution in [3.63, 3.8) is 0 Å². The second kappa shape index (κ2) is 17.6. The van der Waals surface area contributed by atoms with Crippen LogP contribution in [0.5, 0.6) is 5.75 Å². The first-order valence-corrected chi connectivity index (χ1v) is 22.4. The number of aromatic nitrogens is 2. The first-order valence-electron chi connectivity index (χ1n) is 22.4. The number of para-hydroxylation sites is 2. The number of nitrogens with zero attached hydrogens (tertiary/aromatic N) is 3. The third-order valence-corrected chi connectivity index (χ3v) is 12.8. The van der Waals surface area contributed by atoms with Gasteiger partial charge in [0, 0.05) is 61.4 Å². The van der Waals surface area contributed by atoms with Crippen LogP contribution in [0.15, 0.2) is 182 Å². The fraction of sp³-hybridized carbons (Fsp3) is 0.167. The zero-order chi connectivity index (χ0) is 45.0. The molecular weight excluding hydrogens is 993 g/mol. The number of hydrogen-bond donors (Lipinski definition) is 1. The summed E-state index contributed by atoms with van der Waals surface area (Å²) in [6, 6.07) is 54.4. The molecule has 6 heteroatoms. The fourth-order valence-corrected chi connectivity index (χ4v) is 9.35. The number of pyridine rings is 2. The maximum atomic E-state index is 16.1. The molecule has 2 aromatic heterocycles. The summed E-state index contributed by atoms with van der Waals surface area (Å²) in [4.78, 5) is 12.6. The van der Waals surface area contributed by atoms with Gasteiger partial charge in [0.2, 0.25) is 0 Å². The molecule has 1 aliphatic heterocycles. The van der Waals surface area contributed by atoms with Gasteiger partial charge in [0.25, 0.3) is 0 Å². The summed E-state index contributed by atoms with van der Waals surface area (Å²) in [5.41, 5.74) is 14.7. The molecule has 1 N–H and O–H groups in total. The molecule has 0 bridgehead atoms. The van der Waals surface area contributed by atoms with Gasteiger partial charge in [-0.25, -0.2) is 4.39 Å². The van der Waals surface area contributed by atoms with Crippen molar-refractivity contribution in [1.29, 1.82) is 0 Å². The molecule has 2 atom stereocenters. The van der Waals surface area contributed by atoms with Crippen molar-refractivity contribution in [2.24, 2.45) is 0 Å². The Labute approximate surface area is 402 Å². The average molecular weight is 1040 g/mol. The Kier molecular flexibility index (Phi) is 11.9. The van der Waals surface area contributed by atoms with Gasteiger partial charge in [-0.05, 0) is 86.2 Å². The zero-order valence-electron chi connectivity index (χ0n) is 38.0. The summed E-state index contributed by atoms with van der Waals surface area (Å²) in [5, 5.41) is 11.6. The van der Waals surface area contributed by atoms with E-state index in [0.717, 1.165) is 44.8 Å². The molecule has 2 unspecified atom stereocenters. The van der Waals surface area contributed by atoms with Crippen LogP contribution in [0.1, 0.15) is 64.2 Å². The Bertz CT molecular complexity index is 3130. The van der Waals surface area contributed by atoms with E-state index in [4.69, 9.17) is 9.97 Å². The van der Waals surface area contributed by atoms with E-state index < -0.39 is 5.82 Å². The number of fused-ring (bicyclic) bond motifs is 3. The summed E-state index contributed by atoms with van der Waals surface area (Å²) >= 11 is 0. The Morgan fingerprint density at radius 2 is 1.20 bits per heavy atom. The van der Waals surface area contributed by atoms with Gasteiger partial charge in [0.15, 0.2) is 0 Å². The molecule has 2 aliphatic rings. The Balaban J connectivity index is 0.00000548. The molecule has 1 aliphatic carbocycles. The van der Waals surface area contributed by atoms with Crippen molar-refractivity contribution >= 4 is 11.4 Å². The average Bonchev–Trinajstić information content (AvgIpc) is 3.66. The van der Waals surface area contributed by atoms with Crippen molar-refractivity contribution in [2.45, 2.75) is 64.3 Å². The summed E-state index contributed by atoms with van der Waals surface area (Å²) in [7, 11) is 0. The van der Waals surface area contributed by atoms with E-state index in [0.29, 0.717) is 28.1 Å². The molecule has 0 saturated heterocycles. The van der Waals surface area contributed by atoms with E-state index in [9.17, 15) is 5.11 Å². The summed E-state index contributed by atoms with van der Waals surface area (Å²) in [6.45, 7) is 13.4. The smallest absolute Gasteiger partial charge is 0.131 e. The van der Waals surface area contributed by atoms with Crippen LogP contribution in [-0.2, 0) is 31.9 Å². The number of rotatable bonds is 7. The van der Waals surface area contributed by atoms with Gasteiger partial charge < -0.3 is 10.0 Å². The minimum atomic E-state index is -0.440. The minimum absolute atomic E-state index is 0. The van der Waals surface area contributed by atoms with Gasteiger partial charge in [0.1, 0.15) is 11.6 Å². The largest absolute Gasteiger partial charge is 0.507 e. The third-order valence-electron chi connectivity index (χ3n) is 12.8. The molecule has 10 rings (SSSR count). The van der Waals surface area contributed by atoms with Gasteiger partial charge in [0.05, 0.1) is 23.0 Å². The first-order chi connectivity index (χ1) is 31.3. The second-order valence-corrected chi connectivity index (χ2v) is 19.3. The number of phenolic OH excluding ortho intramolecular Hbond substituents is 1. The maximum absolute atomic E-state index is 16.1. The normalized spacial score (nSPS) is 15.3. The van der Waals surface area contributed by atoms with Crippen molar-refractivity contribution < 1.29 is 30.6 Å². The molecule has 66 heavy (non-hydrogen) atoms. The molecular formula is C60H51FN3OPt-. The number of benzene rings is 6. The summed E-state index contributed by atoms with van der Waals surface area (Å²) in [5.74, 6) is -0.253. The molecule has 4 nitrogen and oxygen atoms in total. The quantitative estimate of drug-likeness (QED) is 0.162. The molecule has 8 aromatic rings. The maximum Gasteiger partial charge on any atom is 0.131 e. The first kappa shape index (κ1) is 44.5.